The summed E-state index contributed by atoms with van der Waals surface area (Å²) >= 11 is 1.22. The molecular weight excluding hydrogens is 437 g/mol. The van der Waals surface area contributed by atoms with Gasteiger partial charge in [-0.2, -0.15) is 4.99 Å². The average Bonchev–Trinajstić information content (AvgIpc) is 3.10. The van der Waals surface area contributed by atoms with E-state index in [4.69, 9.17) is 0 Å². The Hall–Kier alpha value is -3.30. The van der Waals surface area contributed by atoms with Gasteiger partial charge in [0.2, 0.25) is 0 Å². The van der Waals surface area contributed by atoms with Crippen molar-refractivity contribution < 1.29 is 17.6 Å². The van der Waals surface area contributed by atoms with E-state index >= 15 is 0 Å². The summed E-state index contributed by atoms with van der Waals surface area (Å²) in [5, 5.41) is 0. The molecule has 0 bridgehead atoms. The first-order valence-corrected chi connectivity index (χ1v) is 11.7. The van der Waals surface area contributed by atoms with Crippen molar-refractivity contribution in [3.63, 3.8) is 0 Å². The SMILES string of the molecule is CCn1c(=NC(=O)c2cccc(NS(=O)(=O)c3ccccc3)c2)sc2cc(F)ccc21. The molecule has 0 spiro atoms. The molecule has 1 aromatic heterocycles. The Bertz CT molecular complexity index is 1440. The fraction of sp³-hybridized carbons (Fsp3) is 0.0909. The molecule has 4 aromatic rings. The van der Waals surface area contributed by atoms with Crippen molar-refractivity contribution in [3.05, 3.63) is 89.0 Å². The summed E-state index contributed by atoms with van der Waals surface area (Å²) in [6, 6.07) is 18.6. The number of rotatable bonds is 5. The van der Waals surface area contributed by atoms with Crippen LogP contribution >= 0.6 is 11.3 Å². The first kappa shape index (κ1) is 21.0. The predicted molar refractivity (Wildman–Crippen MR) is 119 cm³/mol. The van der Waals surface area contributed by atoms with Gasteiger partial charge >= 0.3 is 0 Å². The number of amides is 1. The van der Waals surface area contributed by atoms with E-state index in [1.807, 2.05) is 11.5 Å². The van der Waals surface area contributed by atoms with Crippen LogP contribution in [0.3, 0.4) is 0 Å². The zero-order chi connectivity index (χ0) is 22.0. The molecule has 158 valence electrons. The van der Waals surface area contributed by atoms with Crippen molar-refractivity contribution in [2.24, 2.45) is 4.99 Å². The van der Waals surface area contributed by atoms with E-state index in [1.165, 1.54) is 41.7 Å². The summed E-state index contributed by atoms with van der Waals surface area (Å²) in [4.78, 5) is 17.6. The number of hydrogen-bond acceptors (Lipinski definition) is 4. The lowest BCUT2D eigenvalue weighted by Crippen LogP contribution is -2.16. The van der Waals surface area contributed by atoms with Crippen LogP contribution < -0.4 is 9.52 Å². The topological polar surface area (TPSA) is 80.5 Å². The largest absolute Gasteiger partial charge is 0.317 e. The molecule has 1 N–H and O–H groups in total. The molecule has 31 heavy (non-hydrogen) atoms. The number of nitrogens with one attached hydrogen (secondary N) is 1. The van der Waals surface area contributed by atoms with Crippen LogP contribution in [0.5, 0.6) is 0 Å². The van der Waals surface area contributed by atoms with Gasteiger partial charge in [-0.1, -0.05) is 35.6 Å². The first-order valence-electron chi connectivity index (χ1n) is 9.43. The number of aryl methyl sites for hydroxylation is 1. The molecule has 3 aromatic carbocycles. The van der Waals surface area contributed by atoms with Crippen molar-refractivity contribution in [2.75, 3.05) is 4.72 Å². The molecule has 0 aliphatic rings. The zero-order valence-electron chi connectivity index (χ0n) is 16.4. The van der Waals surface area contributed by atoms with E-state index in [9.17, 15) is 17.6 Å². The molecule has 4 rings (SSSR count). The van der Waals surface area contributed by atoms with E-state index in [2.05, 4.69) is 9.71 Å². The third-order valence-corrected chi connectivity index (χ3v) is 7.01. The quantitative estimate of drug-likeness (QED) is 0.484. The Morgan fingerprint density at radius 3 is 2.58 bits per heavy atom. The van der Waals surface area contributed by atoms with Gasteiger partial charge in [-0.15, -0.1) is 0 Å². The molecule has 1 heterocycles. The second kappa shape index (κ2) is 8.44. The van der Waals surface area contributed by atoms with Crippen LogP contribution in [0.2, 0.25) is 0 Å². The Morgan fingerprint density at radius 2 is 1.84 bits per heavy atom. The summed E-state index contributed by atoms with van der Waals surface area (Å²) in [5.74, 6) is -0.872. The molecule has 0 saturated carbocycles. The molecule has 0 saturated heterocycles. The minimum absolute atomic E-state index is 0.123. The van der Waals surface area contributed by atoms with Gasteiger partial charge in [-0.05, 0) is 55.5 Å². The molecule has 0 aliphatic carbocycles. The molecule has 0 fully saturated rings. The molecular formula is C22H18FN3O3S2. The second-order valence-electron chi connectivity index (χ2n) is 6.66. The molecule has 9 heteroatoms. The maximum atomic E-state index is 13.6. The van der Waals surface area contributed by atoms with Crippen LogP contribution in [0.4, 0.5) is 10.1 Å². The van der Waals surface area contributed by atoms with Crippen LogP contribution in [-0.4, -0.2) is 18.9 Å². The molecule has 0 radical (unpaired) electrons. The number of carbonyl (C=O) groups is 1. The number of hydrogen-bond donors (Lipinski definition) is 1. The van der Waals surface area contributed by atoms with Crippen molar-refractivity contribution in [2.45, 2.75) is 18.4 Å². The minimum atomic E-state index is -3.78. The summed E-state index contributed by atoms with van der Waals surface area (Å²) in [6.45, 7) is 2.48. The van der Waals surface area contributed by atoms with Crippen LogP contribution in [0.15, 0.2) is 82.7 Å². The number of thiazole rings is 1. The van der Waals surface area contributed by atoms with Crippen LogP contribution in [0.25, 0.3) is 10.2 Å². The standard InChI is InChI=1S/C22H18FN3O3S2/c1-2-26-19-12-11-16(23)14-20(19)30-22(26)24-21(27)15-7-6-8-17(13-15)25-31(28,29)18-9-4-3-5-10-18/h3-14,25H,2H2,1H3. The maximum absolute atomic E-state index is 13.6. The minimum Gasteiger partial charge on any atom is -0.317 e. The number of aromatic nitrogens is 1. The van der Waals surface area contributed by atoms with Gasteiger partial charge in [-0.25, -0.2) is 12.8 Å². The molecule has 1 amide bonds. The van der Waals surface area contributed by atoms with Gasteiger partial charge in [0.1, 0.15) is 5.82 Å². The number of nitrogens with zero attached hydrogens (tertiary/aromatic N) is 2. The summed E-state index contributed by atoms with van der Waals surface area (Å²) in [6.07, 6.45) is 0. The van der Waals surface area contributed by atoms with Crippen LogP contribution in [0, 0.1) is 5.82 Å². The van der Waals surface area contributed by atoms with Gasteiger partial charge in [0.25, 0.3) is 15.9 Å². The highest BCUT2D eigenvalue weighted by Crippen LogP contribution is 2.20. The zero-order valence-corrected chi connectivity index (χ0v) is 18.1. The Morgan fingerprint density at radius 1 is 1.06 bits per heavy atom. The van der Waals surface area contributed by atoms with Gasteiger partial charge in [0.05, 0.1) is 15.1 Å². The van der Waals surface area contributed by atoms with Crippen molar-refractivity contribution in [1.82, 2.24) is 4.57 Å². The molecule has 6 nitrogen and oxygen atoms in total. The highest BCUT2D eigenvalue weighted by molar-refractivity contribution is 7.92. The molecule has 0 unspecified atom stereocenters. The van der Waals surface area contributed by atoms with Crippen LogP contribution in [-0.2, 0) is 16.6 Å². The number of fused-ring (bicyclic) bond motifs is 1. The lowest BCUT2D eigenvalue weighted by molar-refractivity contribution is 0.0998. The molecule has 0 aliphatic heterocycles. The molecule has 0 atom stereocenters. The number of carbonyl (C=O) groups excluding carboxylic acids is 1. The highest BCUT2D eigenvalue weighted by Gasteiger charge is 2.15. The monoisotopic (exact) mass is 455 g/mol. The number of sulfonamides is 1. The number of halogens is 1. The van der Waals surface area contributed by atoms with Gasteiger partial charge in [0.15, 0.2) is 4.80 Å². The lowest BCUT2D eigenvalue weighted by atomic mass is 10.2. The highest BCUT2D eigenvalue weighted by atomic mass is 32.2. The summed E-state index contributed by atoms with van der Waals surface area (Å²) in [5.41, 5.74) is 1.29. The van der Waals surface area contributed by atoms with Crippen molar-refractivity contribution >= 4 is 43.2 Å². The van der Waals surface area contributed by atoms with Gasteiger partial charge in [0, 0.05) is 17.8 Å². The first-order chi connectivity index (χ1) is 14.9. The average molecular weight is 456 g/mol. The van der Waals surface area contributed by atoms with E-state index in [-0.39, 0.29) is 22.0 Å². The maximum Gasteiger partial charge on any atom is 0.279 e. The Balaban J connectivity index is 1.67. The lowest BCUT2D eigenvalue weighted by Gasteiger charge is -2.08. The third kappa shape index (κ3) is 4.42. The Kier molecular flexibility index (Phi) is 5.71. The fourth-order valence-electron chi connectivity index (χ4n) is 3.12. The third-order valence-electron chi connectivity index (χ3n) is 4.57. The summed E-state index contributed by atoms with van der Waals surface area (Å²) < 4.78 is 43.6. The second-order valence-corrected chi connectivity index (χ2v) is 9.35. The number of anilines is 1. The van der Waals surface area contributed by atoms with Gasteiger partial charge < -0.3 is 4.57 Å². The number of benzene rings is 3. The predicted octanol–water partition coefficient (Wildman–Crippen LogP) is 4.40. The Labute approximate surface area is 182 Å². The van der Waals surface area contributed by atoms with E-state index in [1.54, 1.807) is 42.5 Å². The van der Waals surface area contributed by atoms with E-state index < -0.39 is 15.9 Å². The van der Waals surface area contributed by atoms with E-state index in [0.29, 0.717) is 16.0 Å². The van der Waals surface area contributed by atoms with Crippen LogP contribution in [0.1, 0.15) is 17.3 Å². The summed E-state index contributed by atoms with van der Waals surface area (Å²) in [7, 11) is -3.78. The van der Waals surface area contributed by atoms with E-state index in [0.717, 1.165) is 5.52 Å². The fourth-order valence-corrected chi connectivity index (χ4v) is 5.31. The van der Waals surface area contributed by atoms with Crippen molar-refractivity contribution in [1.29, 1.82) is 0 Å². The normalized spacial score (nSPS) is 12.3. The van der Waals surface area contributed by atoms with Gasteiger partial charge in [-0.3, -0.25) is 9.52 Å². The van der Waals surface area contributed by atoms with Crippen molar-refractivity contribution in [3.8, 4) is 0 Å². The smallest absolute Gasteiger partial charge is 0.279 e.